The maximum Gasteiger partial charge on any atom is 0.0868 e. The average Bonchev–Trinajstić information content (AvgIpc) is 2.96. The molecule has 0 atom stereocenters. The van der Waals surface area contributed by atoms with Crippen LogP contribution in [0.4, 0.5) is 0 Å². The van der Waals surface area contributed by atoms with Gasteiger partial charge in [-0.25, -0.2) is 0 Å². The predicted molar refractivity (Wildman–Crippen MR) is 83.4 cm³/mol. The number of fused-ring (bicyclic) bond motifs is 1. The molecule has 2 heterocycles. The van der Waals surface area contributed by atoms with Gasteiger partial charge >= 0.3 is 0 Å². The lowest BCUT2D eigenvalue weighted by molar-refractivity contribution is 0.670. The van der Waals surface area contributed by atoms with Crippen molar-refractivity contribution in [1.29, 1.82) is 0 Å². The Morgan fingerprint density at radius 2 is 2.05 bits per heavy atom. The second-order valence-electron chi connectivity index (χ2n) is 5.14. The Morgan fingerprint density at radius 3 is 2.75 bits per heavy atom. The Hall–Kier alpha value is -1.74. The van der Waals surface area contributed by atoms with Crippen LogP contribution in [0, 0.1) is 6.92 Å². The lowest BCUT2D eigenvalue weighted by Crippen LogP contribution is -2.05. The topological polar surface area (TPSA) is 22.8 Å². The highest BCUT2D eigenvalue weighted by Gasteiger charge is 2.14. The first-order valence-electron chi connectivity index (χ1n) is 6.86. The van der Waals surface area contributed by atoms with Crippen LogP contribution >= 0.6 is 11.6 Å². The third kappa shape index (κ3) is 2.02. The highest BCUT2D eigenvalue weighted by Crippen LogP contribution is 2.25. The van der Waals surface area contributed by atoms with Crippen LogP contribution in [0.15, 0.2) is 30.5 Å². The van der Waals surface area contributed by atoms with Crippen LogP contribution in [-0.4, -0.2) is 14.3 Å². The number of aryl methyl sites for hydroxylation is 3. The first kappa shape index (κ1) is 13.3. The van der Waals surface area contributed by atoms with Crippen LogP contribution in [0.2, 0.25) is 5.02 Å². The van der Waals surface area contributed by atoms with Gasteiger partial charge in [0.2, 0.25) is 0 Å². The van der Waals surface area contributed by atoms with E-state index in [0.717, 1.165) is 29.4 Å². The Balaban J connectivity index is 2.06. The molecule has 0 aliphatic heterocycles. The minimum atomic E-state index is 0.745. The molecule has 0 spiro atoms. The average molecular weight is 288 g/mol. The molecular weight excluding hydrogens is 270 g/mol. The Kier molecular flexibility index (Phi) is 3.30. The van der Waals surface area contributed by atoms with Crippen molar-refractivity contribution in [1.82, 2.24) is 14.3 Å². The number of nitrogens with zero attached hydrogens (tertiary/aromatic N) is 3. The van der Waals surface area contributed by atoms with Gasteiger partial charge in [-0.15, -0.1) is 0 Å². The number of aromatic nitrogens is 3. The molecule has 0 radical (unpaired) electrons. The third-order valence-corrected chi connectivity index (χ3v) is 4.29. The summed E-state index contributed by atoms with van der Waals surface area (Å²) in [6, 6.07) is 8.54. The normalized spacial score (nSPS) is 11.4. The van der Waals surface area contributed by atoms with Gasteiger partial charge in [0.15, 0.2) is 0 Å². The zero-order valence-electron chi connectivity index (χ0n) is 12.0. The summed E-state index contributed by atoms with van der Waals surface area (Å²) in [7, 11) is 1.96. The van der Waals surface area contributed by atoms with Crippen molar-refractivity contribution < 1.29 is 0 Å². The van der Waals surface area contributed by atoms with E-state index >= 15 is 0 Å². The van der Waals surface area contributed by atoms with Gasteiger partial charge in [-0.1, -0.05) is 30.7 Å². The fourth-order valence-electron chi connectivity index (χ4n) is 2.67. The molecular formula is C16H18ClN3. The second kappa shape index (κ2) is 4.98. The van der Waals surface area contributed by atoms with Gasteiger partial charge < -0.3 is 4.57 Å². The standard InChI is InChI=1S/C16H18ClN3/c1-4-13-16(17)15(19(3)18-13)10-20-9-8-12-11(2)6-5-7-14(12)20/h5-9H,4,10H2,1-3H3. The van der Waals surface area contributed by atoms with Crippen molar-refractivity contribution in [3.63, 3.8) is 0 Å². The summed E-state index contributed by atoms with van der Waals surface area (Å²) in [4.78, 5) is 0. The van der Waals surface area contributed by atoms with Gasteiger partial charge in [-0.2, -0.15) is 5.10 Å². The lowest BCUT2D eigenvalue weighted by atomic mass is 10.1. The Morgan fingerprint density at radius 1 is 1.25 bits per heavy atom. The van der Waals surface area contributed by atoms with E-state index in [1.165, 1.54) is 16.5 Å². The van der Waals surface area contributed by atoms with Crippen molar-refractivity contribution in [3.8, 4) is 0 Å². The van der Waals surface area contributed by atoms with Crippen LogP contribution in [0.1, 0.15) is 23.9 Å². The summed E-state index contributed by atoms with van der Waals surface area (Å²) < 4.78 is 4.12. The first-order chi connectivity index (χ1) is 9.61. The van der Waals surface area contributed by atoms with Crippen molar-refractivity contribution >= 4 is 22.5 Å². The molecule has 0 unspecified atom stereocenters. The van der Waals surface area contributed by atoms with Crippen LogP contribution in [0.5, 0.6) is 0 Å². The molecule has 4 heteroatoms. The summed E-state index contributed by atoms with van der Waals surface area (Å²) in [6.45, 7) is 4.96. The molecule has 20 heavy (non-hydrogen) atoms. The summed E-state index contributed by atoms with van der Waals surface area (Å²) in [6.07, 6.45) is 2.98. The largest absolute Gasteiger partial charge is 0.341 e. The molecule has 2 aromatic heterocycles. The number of hydrogen-bond donors (Lipinski definition) is 0. The van der Waals surface area contributed by atoms with Gasteiger partial charge in [-0.3, -0.25) is 4.68 Å². The van der Waals surface area contributed by atoms with Gasteiger partial charge in [0, 0.05) is 24.1 Å². The molecule has 0 amide bonds. The summed E-state index contributed by atoms with van der Waals surface area (Å²) in [5.74, 6) is 0. The number of benzene rings is 1. The summed E-state index contributed by atoms with van der Waals surface area (Å²) in [5, 5.41) is 6.57. The van der Waals surface area contributed by atoms with E-state index < -0.39 is 0 Å². The molecule has 0 saturated carbocycles. The van der Waals surface area contributed by atoms with E-state index in [9.17, 15) is 0 Å². The third-order valence-electron chi connectivity index (χ3n) is 3.85. The van der Waals surface area contributed by atoms with Crippen molar-refractivity contribution in [2.45, 2.75) is 26.8 Å². The highest BCUT2D eigenvalue weighted by atomic mass is 35.5. The summed E-state index contributed by atoms with van der Waals surface area (Å²) in [5.41, 5.74) is 4.56. The zero-order chi connectivity index (χ0) is 14.3. The molecule has 3 aromatic rings. The molecule has 0 bridgehead atoms. The minimum absolute atomic E-state index is 0.745. The van der Waals surface area contributed by atoms with Crippen molar-refractivity contribution in [2.75, 3.05) is 0 Å². The van der Waals surface area contributed by atoms with E-state index in [2.05, 4.69) is 54.0 Å². The SMILES string of the molecule is CCc1nn(C)c(Cn2ccc3c(C)cccc32)c1Cl. The van der Waals surface area contributed by atoms with E-state index in [-0.39, 0.29) is 0 Å². The van der Waals surface area contributed by atoms with E-state index in [1.54, 1.807) is 0 Å². The molecule has 0 fully saturated rings. The van der Waals surface area contributed by atoms with E-state index in [1.807, 2.05) is 11.7 Å². The minimum Gasteiger partial charge on any atom is -0.341 e. The molecule has 0 saturated heterocycles. The monoisotopic (exact) mass is 287 g/mol. The van der Waals surface area contributed by atoms with Crippen molar-refractivity contribution in [2.24, 2.45) is 7.05 Å². The van der Waals surface area contributed by atoms with Crippen LogP contribution in [0.3, 0.4) is 0 Å². The fourth-order valence-corrected chi connectivity index (χ4v) is 3.02. The highest BCUT2D eigenvalue weighted by molar-refractivity contribution is 6.31. The van der Waals surface area contributed by atoms with Crippen LogP contribution < -0.4 is 0 Å². The maximum atomic E-state index is 6.43. The first-order valence-corrected chi connectivity index (χ1v) is 7.24. The van der Waals surface area contributed by atoms with Crippen LogP contribution in [0.25, 0.3) is 10.9 Å². The summed E-state index contributed by atoms with van der Waals surface area (Å²) >= 11 is 6.43. The van der Waals surface area contributed by atoms with Crippen LogP contribution in [-0.2, 0) is 20.0 Å². The van der Waals surface area contributed by atoms with Crippen molar-refractivity contribution in [3.05, 3.63) is 52.4 Å². The molecule has 0 aliphatic rings. The second-order valence-corrected chi connectivity index (χ2v) is 5.51. The number of rotatable bonds is 3. The zero-order valence-corrected chi connectivity index (χ0v) is 12.8. The lowest BCUT2D eigenvalue weighted by Gasteiger charge is -2.07. The fraction of sp³-hybridized carbons (Fsp3) is 0.312. The molecule has 104 valence electrons. The van der Waals surface area contributed by atoms with Gasteiger partial charge in [0.25, 0.3) is 0 Å². The van der Waals surface area contributed by atoms with E-state index in [0.29, 0.717) is 0 Å². The molecule has 0 aliphatic carbocycles. The molecule has 3 rings (SSSR count). The van der Waals surface area contributed by atoms with E-state index in [4.69, 9.17) is 11.6 Å². The smallest absolute Gasteiger partial charge is 0.0868 e. The van der Waals surface area contributed by atoms with Gasteiger partial charge in [0.05, 0.1) is 23.0 Å². The predicted octanol–water partition coefficient (Wildman–Crippen LogP) is 3.95. The maximum absolute atomic E-state index is 6.43. The number of hydrogen-bond acceptors (Lipinski definition) is 1. The number of halogens is 1. The Bertz CT molecular complexity index is 767. The van der Waals surface area contributed by atoms with Gasteiger partial charge in [0.1, 0.15) is 0 Å². The molecule has 3 nitrogen and oxygen atoms in total. The quantitative estimate of drug-likeness (QED) is 0.715. The molecule has 1 aromatic carbocycles. The van der Waals surface area contributed by atoms with Gasteiger partial charge in [-0.05, 0) is 31.0 Å². The Labute approximate surface area is 123 Å². The molecule has 0 N–H and O–H groups in total.